The predicted octanol–water partition coefficient (Wildman–Crippen LogP) is 1.21. The van der Waals surface area contributed by atoms with Gasteiger partial charge in [-0.3, -0.25) is 4.90 Å². The minimum absolute atomic E-state index is 0.860. The van der Waals surface area contributed by atoms with Crippen LogP contribution in [0.15, 0.2) is 18.5 Å². The lowest BCUT2D eigenvalue weighted by molar-refractivity contribution is 0.254. The fourth-order valence-corrected chi connectivity index (χ4v) is 1.96. The lowest BCUT2D eigenvalue weighted by Gasteiger charge is -2.34. The number of piperazine rings is 1. The van der Waals surface area contributed by atoms with E-state index in [2.05, 4.69) is 26.7 Å². The zero-order valence-electron chi connectivity index (χ0n) is 9.68. The van der Waals surface area contributed by atoms with Crippen LogP contribution >= 0.6 is 0 Å². The highest BCUT2D eigenvalue weighted by Crippen LogP contribution is 2.09. The molecule has 1 aliphatic rings. The van der Waals surface area contributed by atoms with Crippen molar-refractivity contribution in [2.45, 2.75) is 12.8 Å². The molecule has 2 heterocycles. The van der Waals surface area contributed by atoms with Gasteiger partial charge in [-0.05, 0) is 19.0 Å². The number of nitrogens with zero attached hydrogens (tertiary/aromatic N) is 4. The van der Waals surface area contributed by atoms with Gasteiger partial charge in [-0.15, -0.1) is 0 Å². The van der Waals surface area contributed by atoms with Crippen LogP contribution in [0, 0.1) is 6.92 Å². The lowest BCUT2D eigenvalue weighted by atomic mass is 10.2. The van der Waals surface area contributed by atoms with Gasteiger partial charge in [0.15, 0.2) is 0 Å². The fourth-order valence-electron chi connectivity index (χ4n) is 1.96. The largest absolute Gasteiger partial charge is 0.338 e. The molecule has 4 nitrogen and oxygen atoms in total. The van der Waals surface area contributed by atoms with Crippen molar-refractivity contribution >= 4 is 5.95 Å². The van der Waals surface area contributed by atoms with Crippen molar-refractivity contribution in [3.05, 3.63) is 25.4 Å². The average molecular weight is 219 g/mol. The average Bonchev–Trinajstić information content (AvgIpc) is 2.38. The Morgan fingerprint density at radius 1 is 1.12 bits per heavy atom. The Morgan fingerprint density at radius 2 is 1.81 bits per heavy atom. The summed E-state index contributed by atoms with van der Waals surface area (Å²) >= 11 is 0. The molecule has 2 rings (SSSR count). The molecule has 87 valence electrons. The first-order valence-electron chi connectivity index (χ1n) is 5.94. The van der Waals surface area contributed by atoms with Crippen molar-refractivity contribution < 1.29 is 0 Å². The summed E-state index contributed by atoms with van der Waals surface area (Å²) in [5.74, 6) is 0.860. The summed E-state index contributed by atoms with van der Waals surface area (Å²) < 4.78 is 0. The zero-order chi connectivity index (χ0) is 11.2. The maximum absolute atomic E-state index is 4.28. The Kier molecular flexibility index (Phi) is 4.10. The third kappa shape index (κ3) is 2.92. The molecule has 16 heavy (non-hydrogen) atoms. The summed E-state index contributed by atoms with van der Waals surface area (Å²) in [6, 6.07) is 1.86. The summed E-state index contributed by atoms with van der Waals surface area (Å²) in [5.41, 5.74) is 0. The first-order valence-corrected chi connectivity index (χ1v) is 5.94. The first-order chi connectivity index (χ1) is 7.90. The number of anilines is 1. The third-order valence-electron chi connectivity index (χ3n) is 2.93. The molecule has 0 spiro atoms. The highest BCUT2D eigenvalue weighted by atomic mass is 15.3. The minimum atomic E-state index is 0.860. The van der Waals surface area contributed by atoms with Gasteiger partial charge in [0.2, 0.25) is 5.95 Å². The van der Waals surface area contributed by atoms with Crippen LogP contribution < -0.4 is 4.90 Å². The van der Waals surface area contributed by atoms with E-state index in [9.17, 15) is 0 Å². The van der Waals surface area contributed by atoms with Crippen LogP contribution in [0.2, 0.25) is 0 Å². The molecule has 0 amide bonds. The van der Waals surface area contributed by atoms with E-state index < -0.39 is 0 Å². The van der Waals surface area contributed by atoms with Crippen molar-refractivity contribution in [3.63, 3.8) is 0 Å². The van der Waals surface area contributed by atoms with Crippen molar-refractivity contribution in [2.75, 3.05) is 37.6 Å². The van der Waals surface area contributed by atoms with E-state index in [4.69, 9.17) is 0 Å². The van der Waals surface area contributed by atoms with Gasteiger partial charge in [0.1, 0.15) is 0 Å². The monoisotopic (exact) mass is 219 g/mol. The van der Waals surface area contributed by atoms with E-state index in [0.717, 1.165) is 38.5 Å². The SMILES string of the molecule is [CH2]CCCN1CCN(c2ncccn2)CC1. The molecule has 0 unspecified atom stereocenters. The zero-order valence-corrected chi connectivity index (χ0v) is 9.68. The Morgan fingerprint density at radius 3 is 2.44 bits per heavy atom. The van der Waals surface area contributed by atoms with Crippen LogP contribution in [0.1, 0.15) is 12.8 Å². The van der Waals surface area contributed by atoms with Crippen LogP contribution in [-0.2, 0) is 0 Å². The van der Waals surface area contributed by atoms with Crippen LogP contribution in [-0.4, -0.2) is 47.6 Å². The third-order valence-corrected chi connectivity index (χ3v) is 2.93. The molecule has 0 N–H and O–H groups in total. The molecule has 1 aromatic rings. The van der Waals surface area contributed by atoms with Crippen LogP contribution in [0.3, 0.4) is 0 Å². The van der Waals surface area contributed by atoms with E-state index in [1.807, 2.05) is 6.07 Å². The van der Waals surface area contributed by atoms with E-state index >= 15 is 0 Å². The Bertz CT molecular complexity index is 293. The molecule has 0 aromatic carbocycles. The molecule has 0 atom stereocenters. The maximum atomic E-state index is 4.28. The van der Waals surface area contributed by atoms with Crippen LogP contribution in [0.4, 0.5) is 5.95 Å². The van der Waals surface area contributed by atoms with E-state index in [0.29, 0.717) is 0 Å². The second-order valence-electron chi connectivity index (χ2n) is 4.08. The predicted molar refractivity (Wildman–Crippen MR) is 65.3 cm³/mol. The highest BCUT2D eigenvalue weighted by molar-refractivity contribution is 5.29. The quantitative estimate of drug-likeness (QED) is 0.762. The van der Waals surface area contributed by atoms with Gasteiger partial charge < -0.3 is 4.90 Å². The van der Waals surface area contributed by atoms with Gasteiger partial charge in [-0.1, -0.05) is 13.3 Å². The van der Waals surface area contributed by atoms with E-state index in [1.54, 1.807) is 12.4 Å². The second-order valence-corrected chi connectivity index (χ2v) is 4.08. The molecule has 1 radical (unpaired) electrons. The van der Waals surface area contributed by atoms with Gasteiger partial charge in [-0.25, -0.2) is 9.97 Å². The Balaban J connectivity index is 1.81. The van der Waals surface area contributed by atoms with Crippen molar-refractivity contribution in [1.82, 2.24) is 14.9 Å². The number of hydrogen-bond donors (Lipinski definition) is 0. The summed E-state index contributed by atoms with van der Waals surface area (Å²) in [4.78, 5) is 13.3. The summed E-state index contributed by atoms with van der Waals surface area (Å²) in [5, 5.41) is 0. The van der Waals surface area contributed by atoms with Gasteiger partial charge in [0.05, 0.1) is 0 Å². The smallest absolute Gasteiger partial charge is 0.225 e. The molecule has 1 aromatic heterocycles. The van der Waals surface area contributed by atoms with E-state index in [1.165, 1.54) is 13.0 Å². The Hall–Kier alpha value is -1.16. The molecule has 1 aliphatic heterocycles. The molecule has 0 bridgehead atoms. The minimum Gasteiger partial charge on any atom is -0.338 e. The number of aromatic nitrogens is 2. The normalized spacial score (nSPS) is 17.7. The Labute approximate surface area is 97.3 Å². The second kappa shape index (κ2) is 5.80. The van der Waals surface area contributed by atoms with Gasteiger partial charge in [0.25, 0.3) is 0 Å². The summed E-state index contributed by atoms with van der Waals surface area (Å²) in [6.45, 7) is 9.33. The van der Waals surface area contributed by atoms with Crippen LogP contribution in [0.25, 0.3) is 0 Å². The number of unbranched alkanes of at least 4 members (excludes halogenated alkanes) is 1. The van der Waals surface area contributed by atoms with Gasteiger partial charge >= 0.3 is 0 Å². The van der Waals surface area contributed by atoms with Gasteiger partial charge in [-0.2, -0.15) is 0 Å². The summed E-state index contributed by atoms with van der Waals surface area (Å²) in [7, 11) is 0. The molecule has 0 aliphatic carbocycles. The molecule has 4 heteroatoms. The standard InChI is InChI=1S/C12H19N4/c1-2-3-7-15-8-10-16(11-9-15)12-13-5-4-6-14-12/h4-6H,1-3,7-11H2. The van der Waals surface area contributed by atoms with Crippen LogP contribution in [0.5, 0.6) is 0 Å². The van der Waals surface area contributed by atoms with Crippen molar-refractivity contribution in [1.29, 1.82) is 0 Å². The van der Waals surface area contributed by atoms with Gasteiger partial charge in [0, 0.05) is 38.6 Å². The molecular weight excluding hydrogens is 200 g/mol. The van der Waals surface area contributed by atoms with Crippen molar-refractivity contribution in [3.8, 4) is 0 Å². The molecule has 0 saturated carbocycles. The maximum Gasteiger partial charge on any atom is 0.225 e. The fraction of sp³-hybridized carbons (Fsp3) is 0.583. The van der Waals surface area contributed by atoms with Crippen molar-refractivity contribution in [2.24, 2.45) is 0 Å². The molecule has 1 fully saturated rings. The molecule has 1 saturated heterocycles. The lowest BCUT2D eigenvalue weighted by Crippen LogP contribution is -2.47. The number of rotatable bonds is 4. The topological polar surface area (TPSA) is 32.3 Å². The summed E-state index contributed by atoms with van der Waals surface area (Å²) in [6.07, 6.45) is 5.83. The molecular formula is C12H19N4. The first kappa shape index (κ1) is 11.3. The van der Waals surface area contributed by atoms with E-state index in [-0.39, 0.29) is 0 Å². The highest BCUT2D eigenvalue weighted by Gasteiger charge is 2.17. The number of hydrogen-bond acceptors (Lipinski definition) is 4.